The van der Waals surface area contributed by atoms with Crippen molar-refractivity contribution in [2.75, 3.05) is 0 Å². The summed E-state index contributed by atoms with van der Waals surface area (Å²) in [5.41, 5.74) is -3.31. The fraction of sp³-hybridized carbons (Fsp3) is 0.345. The van der Waals surface area contributed by atoms with Gasteiger partial charge >= 0.3 is 0 Å². The first-order chi connectivity index (χ1) is 18.1. The van der Waals surface area contributed by atoms with E-state index >= 15 is 0 Å². The number of aromatic hydroxyl groups is 3. The van der Waals surface area contributed by atoms with Crippen LogP contribution in [0.5, 0.6) is 17.2 Å². The molecule has 0 amide bonds. The number of unbranched alkanes of at least 4 members (excludes halogenated alkanes) is 2. The zero-order valence-corrected chi connectivity index (χ0v) is 20.7. The van der Waals surface area contributed by atoms with E-state index in [1.165, 1.54) is 0 Å². The fourth-order valence-electron chi connectivity index (χ4n) is 6.52. The van der Waals surface area contributed by atoms with Crippen LogP contribution < -0.4 is 5.56 Å². The molecule has 0 fully saturated rings. The van der Waals surface area contributed by atoms with Crippen molar-refractivity contribution in [1.82, 2.24) is 4.98 Å². The van der Waals surface area contributed by atoms with Crippen LogP contribution in [0.25, 0.3) is 10.8 Å². The number of ketones is 4. The zero-order chi connectivity index (χ0) is 27.1. The smallest absolute Gasteiger partial charge is 0.259 e. The number of aromatic nitrogens is 1. The van der Waals surface area contributed by atoms with E-state index in [-0.39, 0.29) is 36.6 Å². The number of hydrogen-bond donors (Lipinski definition) is 4. The normalized spacial score (nSPS) is 17.4. The molecular weight excluding hydrogens is 490 g/mol. The number of rotatable bonds is 4. The second-order valence-electron chi connectivity index (χ2n) is 10.4. The average molecular weight is 516 g/mol. The lowest BCUT2D eigenvalue weighted by molar-refractivity contribution is 0.0790. The standard InChI is InChI=1S/C29H25NO8/c1-2-3-4-5-14-11-13-10-12-8-9-29(22(12)25(35)17(13)28(38)30-14)26(36)20-21(27(29)37)24(34)19-16(32)7-6-15(31)18(19)23(20)33/h10-11,33-35H,2-9H2,1H3,(H,30,38). The molecule has 0 aliphatic heterocycles. The quantitative estimate of drug-likeness (QED) is 0.232. The third-order valence-corrected chi connectivity index (χ3v) is 8.30. The molecule has 1 aromatic heterocycles. The topological polar surface area (TPSA) is 162 Å². The Bertz CT molecular complexity index is 1650. The summed E-state index contributed by atoms with van der Waals surface area (Å²) in [6.45, 7) is 2.08. The molecule has 2 aromatic carbocycles. The number of phenolic OH excluding ortho intramolecular Hbond substituents is 3. The first-order valence-electron chi connectivity index (χ1n) is 12.8. The summed E-state index contributed by atoms with van der Waals surface area (Å²) >= 11 is 0. The second kappa shape index (κ2) is 8.11. The summed E-state index contributed by atoms with van der Waals surface area (Å²) in [7, 11) is 0. The van der Waals surface area contributed by atoms with Crippen LogP contribution in [0.4, 0.5) is 0 Å². The van der Waals surface area contributed by atoms with E-state index in [4.69, 9.17) is 0 Å². The van der Waals surface area contributed by atoms with Gasteiger partial charge in [0.15, 0.2) is 23.1 Å². The lowest BCUT2D eigenvalue weighted by Gasteiger charge is -2.22. The summed E-state index contributed by atoms with van der Waals surface area (Å²) < 4.78 is 0. The highest BCUT2D eigenvalue weighted by atomic mass is 16.3. The molecule has 0 atom stereocenters. The van der Waals surface area contributed by atoms with Gasteiger partial charge in [0.2, 0.25) is 0 Å². The van der Waals surface area contributed by atoms with Crippen molar-refractivity contribution >= 4 is 33.9 Å². The SMILES string of the molecule is CCCCCc1cc2cc3c(c(O)c2c(=O)[nH]1)C1(CC3)C(=O)c2c(O)c3c(c(O)c2C1=O)C(=O)CCC3=O. The maximum atomic E-state index is 13.9. The van der Waals surface area contributed by atoms with Crippen LogP contribution in [-0.4, -0.2) is 43.4 Å². The summed E-state index contributed by atoms with van der Waals surface area (Å²) in [4.78, 5) is 68.8. The minimum Gasteiger partial charge on any atom is -0.507 e. The van der Waals surface area contributed by atoms with Crippen LogP contribution >= 0.6 is 0 Å². The van der Waals surface area contributed by atoms with Crippen molar-refractivity contribution in [3.05, 3.63) is 61.6 Å². The Labute approximate surface area is 216 Å². The number of H-pyrrole nitrogens is 1. The third kappa shape index (κ3) is 2.90. The molecule has 0 saturated carbocycles. The van der Waals surface area contributed by atoms with Crippen molar-refractivity contribution < 1.29 is 34.5 Å². The Morgan fingerprint density at radius 2 is 1.39 bits per heavy atom. The van der Waals surface area contributed by atoms with Gasteiger partial charge in [-0.05, 0) is 42.7 Å². The van der Waals surface area contributed by atoms with Crippen LogP contribution in [-0.2, 0) is 18.3 Å². The van der Waals surface area contributed by atoms with E-state index in [0.717, 1.165) is 25.0 Å². The van der Waals surface area contributed by atoms with Crippen LogP contribution in [0, 0.1) is 0 Å². The van der Waals surface area contributed by atoms with Gasteiger partial charge in [-0.3, -0.25) is 24.0 Å². The lowest BCUT2D eigenvalue weighted by Crippen LogP contribution is -2.36. The van der Waals surface area contributed by atoms with Crippen LogP contribution in [0.1, 0.15) is 104 Å². The van der Waals surface area contributed by atoms with Crippen molar-refractivity contribution in [3.63, 3.8) is 0 Å². The summed E-state index contributed by atoms with van der Waals surface area (Å²) in [6, 6.07) is 3.48. The predicted octanol–water partition coefficient (Wildman–Crippen LogP) is 3.80. The highest BCUT2D eigenvalue weighted by Crippen LogP contribution is 2.57. The van der Waals surface area contributed by atoms with E-state index in [1.807, 2.05) is 0 Å². The van der Waals surface area contributed by atoms with E-state index in [1.54, 1.807) is 12.1 Å². The molecule has 3 aliphatic rings. The number of pyridine rings is 1. The van der Waals surface area contributed by atoms with Gasteiger partial charge in [-0.25, -0.2) is 0 Å². The highest BCUT2D eigenvalue weighted by molar-refractivity contribution is 6.37. The van der Waals surface area contributed by atoms with Gasteiger partial charge in [-0.15, -0.1) is 0 Å². The van der Waals surface area contributed by atoms with Gasteiger partial charge in [-0.2, -0.15) is 0 Å². The molecule has 6 rings (SSSR count). The third-order valence-electron chi connectivity index (χ3n) is 8.30. The molecule has 9 heteroatoms. The van der Waals surface area contributed by atoms with E-state index in [0.29, 0.717) is 17.4 Å². The first kappa shape index (κ1) is 24.1. The van der Waals surface area contributed by atoms with Crippen LogP contribution in [0.2, 0.25) is 0 Å². The van der Waals surface area contributed by atoms with Crippen molar-refractivity contribution in [2.45, 2.75) is 63.7 Å². The Hall–Kier alpha value is -4.27. The minimum absolute atomic E-state index is 0.0325. The van der Waals surface area contributed by atoms with Gasteiger partial charge < -0.3 is 20.3 Å². The average Bonchev–Trinajstić information content (AvgIpc) is 3.36. The van der Waals surface area contributed by atoms with E-state index < -0.39 is 73.6 Å². The number of aromatic amines is 1. The minimum atomic E-state index is -1.99. The molecule has 0 radical (unpaired) electrons. The number of phenols is 3. The van der Waals surface area contributed by atoms with Gasteiger partial charge in [-0.1, -0.05) is 25.8 Å². The van der Waals surface area contributed by atoms with Gasteiger partial charge in [0.05, 0.1) is 27.6 Å². The molecule has 4 N–H and O–H groups in total. The number of nitrogens with one attached hydrogen (secondary N) is 1. The summed E-state index contributed by atoms with van der Waals surface area (Å²) in [5, 5.41) is 33.8. The molecule has 38 heavy (non-hydrogen) atoms. The molecule has 194 valence electrons. The predicted molar refractivity (Wildman–Crippen MR) is 136 cm³/mol. The molecule has 0 bridgehead atoms. The van der Waals surface area contributed by atoms with Crippen molar-refractivity contribution in [1.29, 1.82) is 0 Å². The van der Waals surface area contributed by atoms with E-state index in [9.17, 15) is 39.3 Å². The molecule has 3 aliphatic carbocycles. The van der Waals surface area contributed by atoms with Gasteiger partial charge in [0.1, 0.15) is 22.7 Å². The summed E-state index contributed by atoms with van der Waals surface area (Å²) in [6.07, 6.45) is 3.35. The maximum absolute atomic E-state index is 13.9. The molecule has 9 nitrogen and oxygen atoms in total. The fourth-order valence-corrected chi connectivity index (χ4v) is 6.52. The molecule has 1 heterocycles. The molecule has 0 unspecified atom stereocenters. The van der Waals surface area contributed by atoms with Gasteiger partial charge in [0, 0.05) is 24.1 Å². The number of aryl methyl sites for hydroxylation is 2. The zero-order valence-electron chi connectivity index (χ0n) is 20.7. The molecule has 0 saturated heterocycles. The molecular formula is C29H25NO8. The summed E-state index contributed by atoms with van der Waals surface area (Å²) in [5.74, 6) is -5.08. The number of carbonyl (C=O) groups excluding carboxylic acids is 4. The number of fused-ring (bicyclic) bond motifs is 5. The number of benzene rings is 2. The molecule has 1 spiro atoms. The Morgan fingerprint density at radius 1 is 0.789 bits per heavy atom. The Balaban J connectivity index is 1.57. The Morgan fingerprint density at radius 3 is 1.97 bits per heavy atom. The maximum Gasteiger partial charge on any atom is 0.259 e. The second-order valence-corrected chi connectivity index (χ2v) is 10.4. The Kier molecular flexibility index (Phi) is 5.14. The van der Waals surface area contributed by atoms with Crippen LogP contribution in [0.3, 0.4) is 0 Å². The largest absolute Gasteiger partial charge is 0.507 e. The van der Waals surface area contributed by atoms with Crippen molar-refractivity contribution in [3.8, 4) is 17.2 Å². The monoisotopic (exact) mass is 515 g/mol. The first-order valence-corrected chi connectivity index (χ1v) is 12.8. The number of carbonyl (C=O) groups is 4. The highest BCUT2D eigenvalue weighted by Gasteiger charge is 2.61. The van der Waals surface area contributed by atoms with E-state index in [2.05, 4.69) is 11.9 Å². The molecule has 3 aromatic rings. The van der Waals surface area contributed by atoms with Gasteiger partial charge in [0.25, 0.3) is 5.56 Å². The van der Waals surface area contributed by atoms with Crippen LogP contribution in [0.15, 0.2) is 16.9 Å². The van der Waals surface area contributed by atoms with Crippen molar-refractivity contribution in [2.24, 2.45) is 0 Å². The number of Topliss-reactive ketones (excluding diaryl/α,β-unsaturated/α-hetero) is 4. The number of hydrogen-bond acceptors (Lipinski definition) is 8. The lowest BCUT2D eigenvalue weighted by atomic mass is 9.76.